The highest BCUT2D eigenvalue weighted by Crippen LogP contribution is 2.18. The van der Waals surface area contributed by atoms with Crippen LogP contribution >= 0.6 is 11.8 Å². The Morgan fingerprint density at radius 2 is 1.79 bits per heavy atom. The van der Waals surface area contributed by atoms with Gasteiger partial charge in [-0.25, -0.2) is 4.98 Å². The Labute approximate surface area is 165 Å². The van der Waals surface area contributed by atoms with Crippen LogP contribution in [0.15, 0.2) is 64.5 Å². The molecule has 0 bridgehead atoms. The Hall–Kier alpha value is -2.97. The summed E-state index contributed by atoms with van der Waals surface area (Å²) in [6.07, 6.45) is 0.395. The van der Waals surface area contributed by atoms with E-state index in [2.05, 4.69) is 10.3 Å². The topological polar surface area (TPSA) is 101 Å². The zero-order valence-electron chi connectivity index (χ0n) is 15.0. The monoisotopic (exact) mass is 397 g/mol. The fourth-order valence-electron chi connectivity index (χ4n) is 2.64. The van der Waals surface area contributed by atoms with E-state index >= 15 is 0 Å². The number of rotatable bonds is 7. The number of amides is 2. The Kier molecular flexibility index (Phi) is 6.57. The van der Waals surface area contributed by atoms with Crippen molar-refractivity contribution >= 4 is 34.5 Å². The normalized spacial score (nSPS) is 10.8. The first-order valence-corrected chi connectivity index (χ1v) is 9.71. The van der Waals surface area contributed by atoms with E-state index < -0.39 is 11.8 Å². The van der Waals surface area contributed by atoms with Gasteiger partial charge in [0.15, 0.2) is 5.16 Å². The van der Waals surface area contributed by atoms with Gasteiger partial charge in [-0.05, 0) is 30.7 Å². The van der Waals surface area contributed by atoms with Crippen LogP contribution in [0, 0.1) is 0 Å². The minimum atomic E-state index is -0.477. The predicted octanol–water partition coefficient (Wildman–Crippen LogP) is 1.83. The summed E-state index contributed by atoms with van der Waals surface area (Å²) in [6.45, 7) is 0.232. The lowest BCUT2D eigenvalue weighted by Crippen LogP contribution is -2.32. The maximum Gasteiger partial charge on any atom is 0.262 e. The molecule has 8 heteroatoms. The third kappa shape index (κ3) is 4.65. The van der Waals surface area contributed by atoms with Crippen LogP contribution < -0.4 is 10.9 Å². The number of aliphatic hydroxyl groups is 1. The van der Waals surface area contributed by atoms with Gasteiger partial charge in [-0.2, -0.15) is 0 Å². The second-order valence-corrected chi connectivity index (χ2v) is 6.92. The standard InChI is InChI=1S/C20H19N3O4S/c24-12-6-11-23-19(27)15-9-4-5-10-16(15)21-20(23)28-13-17(25)22-18(26)14-7-2-1-3-8-14/h1-5,7-10,24H,6,11-13H2,(H,22,25,26). The summed E-state index contributed by atoms with van der Waals surface area (Å²) in [5, 5.41) is 12.3. The summed E-state index contributed by atoms with van der Waals surface area (Å²) in [5.74, 6) is -1.02. The zero-order chi connectivity index (χ0) is 19.9. The van der Waals surface area contributed by atoms with Crippen molar-refractivity contribution < 1.29 is 14.7 Å². The summed E-state index contributed by atoms with van der Waals surface area (Å²) in [5.41, 5.74) is 0.711. The summed E-state index contributed by atoms with van der Waals surface area (Å²) in [7, 11) is 0. The van der Waals surface area contributed by atoms with Crippen molar-refractivity contribution in [3.8, 4) is 0 Å². The molecule has 28 heavy (non-hydrogen) atoms. The average Bonchev–Trinajstić information content (AvgIpc) is 2.72. The number of hydrogen-bond acceptors (Lipinski definition) is 6. The van der Waals surface area contributed by atoms with E-state index in [0.717, 1.165) is 11.8 Å². The first kappa shape index (κ1) is 19.8. The van der Waals surface area contributed by atoms with Crippen LogP contribution in [-0.4, -0.2) is 38.8 Å². The number of imide groups is 1. The molecular weight excluding hydrogens is 378 g/mol. The number of aromatic nitrogens is 2. The van der Waals surface area contributed by atoms with E-state index in [-0.39, 0.29) is 17.9 Å². The van der Waals surface area contributed by atoms with Gasteiger partial charge in [0.05, 0.1) is 16.7 Å². The largest absolute Gasteiger partial charge is 0.396 e. The number of carbonyl (C=O) groups is 2. The molecule has 0 fully saturated rings. The minimum absolute atomic E-state index is 0.0601. The molecule has 0 aliphatic rings. The number of para-hydroxylation sites is 1. The lowest BCUT2D eigenvalue weighted by atomic mass is 10.2. The van der Waals surface area contributed by atoms with Crippen molar-refractivity contribution in [1.82, 2.24) is 14.9 Å². The van der Waals surface area contributed by atoms with E-state index in [0.29, 0.717) is 34.6 Å². The molecule has 7 nitrogen and oxygen atoms in total. The van der Waals surface area contributed by atoms with E-state index in [1.165, 1.54) is 4.57 Å². The minimum Gasteiger partial charge on any atom is -0.396 e. The van der Waals surface area contributed by atoms with Crippen LogP contribution in [0.3, 0.4) is 0 Å². The summed E-state index contributed by atoms with van der Waals surface area (Å²) in [4.78, 5) is 41.4. The summed E-state index contributed by atoms with van der Waals surface area (Å²) in [6, 6.07) is 15.4. The zero-order valence-corrected chi connectivity index (χ0v) is 15.8. The first-order chi connectivity index (χ1) is 13.6. The molecular formula is C20H19N3O4S. The molecule has 2 N–H and O–H groups in total. The van der Waals surface area contributed by atoms with Crippen LogP contribution in [0.1, 0.15) is 16.8 Å². The fraction of sp³-hybridized carbons (Fsp3) is 0.200. The van der Waals surface area contributed by atoms with E-state index in [9.17, 15) is 14.4 Å². The van der Waals surface area contributed by atoms with Gasteiger partial charge in [0.2, 0.25) is 5.91 Å². The Morgan fingerprint density at radius 1 is 1.07 bits per heavy atom. The van der Waals surface area contributed by atoms with Crippen LogP contribution in [0.4, 0.5) is 0 Å². The van der Waals surface area contributed by atoms with Gasteiger partial charge in [-0.3, -0.25) is 24.3 Å². The number of hydrogen-bond donors (Lipinski definition) is 2. The molecule has 0 spiro atoms. The molecule has 0 aliphatic carbocycles. The van der Waals surface area contributed by atoms with E-state index in [1.807, 2.05) is 0 Å². The first-order valence-electron chi connectivity index (χ1n) is 8.72. The molecule has 2 amide bonds. The molecule has 3 rings (SSSR count). The van der Waals surface area contributed by atoms with Crippen molar-refractivity contribution in [2.75, 3.05) is 12.4 Å². The van der Waals surface area contributed by atoms with Gasteiger partial charge in [-0.15, -0.1) is 0 Å². The quantitative estimate of drug-likeness (QED) is 0.466. The smallest absolute Gasteiger partial charge is 0.262 e. The highest BCUT2D eigenvalue weighted by atomic mass is 32.2. The Bertz CT molecular complexity index is 1050. The van der Waals surface area contributed by atoms with Gasteiger partial charge in [-0.1, -0.05) is 42.1 Å². The molecule has 3 aromatic rings. The molecule has 0 saturated carbocycles. The third-order valence-electron chi connectivity index (χ3n) is 3.99. The van der Waals surface area contributed by atoms with E-state index in [1.54, 1.807) is 54.6 Å². The number of benzene rings is 2. The maximum absolute atomic E-state index is 12.7. The number of nitrogens with zero attached hydrogens (tertiary/aromatic N) is 2. The molecule has 0 unspecified atom stereocenters. The van der Waals surface area contributed by atoms with Gasteiger partial charge < -0.3 is 5.11 Å². The number of carbonyl (C=O) groups excluding carboxylic acids is 2. The second-order valence-electron chi connectivity index (χ2n) is 5.98. The molecule has 0 atom stereocenters. The lowest BCUT2D eigenvalue weighted by molar-refractivity contribution is -0.117. The van der Waals surface area contributed by atoms with E-state index in [4.69, 9.17) is 5.11 Å². The van der Waals surface area contributed by atoms with Crippen LogP contribution in [-0.2, 0) is 11.3 Å². The van der Waals surface area contributed by atoms with Gasteiger partial charge in [0.25, 0.3) is 11.5 Å². The van der Waals surface area contributed by atoms with Crippen molar-refractivity contribution in [3.05, 3.63) is 70.5 Å². The average molecular weight is 397 g/mol. The molecule has 0 aliphatic heterocycles. The number of nitrogens with one attached hydrogen (secondary N) is 1. The van der Waals surface area contributed by atoms with Gasteiger partial charge >= 0.3 is 0 Å². The SMILES string of the molecule is O=C(CSc1nc2ccccc2c(=O)n1CCCO)NC(=O)c1ccccc1. The maximum atomic E-state index is 12.7. The summed E-state index contributed by atoms with van der Waals surface area (Å²) >= 11 is 1.08. The molecule has 2 aromatic carbocycles. The van der Waals surface area contributed by atoms with Crippen molar-refractivity contribution in [2.24, 2.45) is 0 Å². The number of aliphatic hydroxyl groups excluding tert-OH is 1. The Balaban J connectivity index is 1.76. The lowest BCUT2D eigenvalue weighted by Gasteiger charge is -2.12. The highest BCUT2D eigenvalue weighted by Gasteiger charge is 2.15. The van der Waals surface area contributed by atoms with Crippen LogP contribution in [0.25, 0.3) is 10.9 Å². The van der Waals surface area contributed by atoms with Crippen LogP contribution in [0.5, 0.6) is 0 Å². The Morgan fingerprint density at radius 3 is 2.54 bits per heavy atom. The van der Waals surface area contributed by atoms with Crippen molar-refractivity contribution in [3.63, 3.8) is 0 Å². The molecule has 1 aromatic heterocycles. The van der Waals surface area contributed by atoms with Gasteiger partial charge in [0, 0.05) is 18.7 Å². The molecule has 0 saturated heterocycles. The number of thioether (sulfide) groups is 1. The highest BCUT2D eigenvalue weighted by molar-refractivity contribution is 7.99. The van der Waals surface area contributed by atoms with Crippen molar-refractivity contribution in [1.29, 1.82) is 0 Å². The molecule has 1 heterocycles. The third-order valence-corrected chi connectivity index (χ3v) is 4.96. The van der Waals surface area contributed by atoms with Crippen LogP contribution in [0.2, 0.25) is 0 Å². The second kappa shape index (κ2) is 9.29. The number of fused-ring (bicyclic) bond motifs is 1. The van der Waals surface area contributed by atoms with Gasteiger partial charge in [0.1, 0.15) is 0 Å². The van der Waals surface area contributed by atoms with Crippen molar-refractivity contribution in [2.45, 2.75) is 18.1 Å². The molecule has 0 radical (unpaired) electrons. The molecule has 144 valence electrons. The summed E-state index contributed by atoms with van der Waals surface area (Å²) < 4.78 is 1.45. The fourth-order valence-corrected chi connectivity index (χ4v) is 3.46. The predicted molar refractivity (Wildman–Crippen MR) is 107 cm³/mol.